The lowest BCUT2D eigenvalue weighted by atomic mass is 10.2. The van der Waals surface area contributed by atoms with Gasteiger partial charge >= 0.3 is 0 Å². The van der Waals surface area contributed by atoms with Crippen molar-refractivity contribution in [1.82, 2.24) is 0 Å². The Kier molecular flexibility index (Phi) is 5.76. The highest BCUT2D eigenvalue weighted by Crippen LogP contribution is 2.26. The molecule has 0 aromatic heterocycles. The van der Waals surface area contributed by atoms with E-state index in [2.05, 4.69) is 5.32 Å². The number of nitrogens with zero attached hydrogens (tertiary/aromatic N) is 1. The SMILES string of the molecule is CC(=O)N(C)c1ccc(F)cc1NC(=O)COc1ccc(Cl)cc1. The largest absolute Gasteiger partial charge is 0.484 e. The molecule has 7 heteroatoms. The molecule has 24 heavy (non-hydrogen) atoms. The van der Waals surface area contributed by atoms with E-state index in [0.717, 1.165) is 6.07 Å². The number of amides is 2. The maximum Gasteiger partial charge on any atom is 0.262 e. The molecule has 0 aliphatic heterocycles. The van der Waals surface area contributed by atoms with Gasteiger partial charge in [-0.1, -0.05) is 11.6 Å². The van der Waals surface area contributed by atoms with Crippen molar-refractivity contribution >= 4 is 34.8 Å². The van der Waals surface area contributed by atoms with Gasteiger partial charge in [0, 0.05) is 19.0 Å². The molecular formula is C17H16ClFN2O3. The van der Waals surface area contributed by atoms with Crippen molar-refractivity contribution in [3.8, 4) is 5.75 Å². The van der Waals surface area contributed by atoms with Crippen LogP contribution in [0.2, 0.25) is 5.02 Å². The topological polar surface area (TPSA) is 58.6 Å². The minimum atomic E-state index is -0.523. The van der Waals surface area contributed by atoms with Crippen molar-refractivity contribution in [1.29, 1.82) is 0 Å². The number of benzene rings is 2. The van der Waals surface area contributed by atoms with Gasteiger partial charge in [0.15, 0.2) is 6.61 Å². The molecular weight excluding hydrogens is 335 g/mol. The second-order valence-electron chi connectivity index (χ2n) is 5.03. The van der Waals surface area contributed by atoms with E-state index in [1.807, 2.05) is 0 Å². The summed E-state index contributed by atoms with van der Waals surface area (Å²) in [7, 11) is 1.54. The van der Waals surface area contributed by atoms with Crippen LogP contribution in [-0.4, -0.2) is 25.5 Å². The van der Waals surface area contributed by atoms with Gasteiger partial charge in [-0.2, -0.15) is 0 Å². The smallest absolute Gasteiger partial charge is 0.262 e. The number of ether oxygens (including phenoxy) is 1. The standard InChI is InChI=1S/C17H16ClFN2O3/c1-11(22)21(2)16-8-5-13(19)9-15(16)20-17(23)10-24-14-6-3-12(18)4-7-14/h3-9H,10H2,1-2H3,(H,20,23). The van der Waals surface area contributed by atoms with Crippen LogP contribution in [0.4, 0.5) is 15.8 Å². The molecule has 2 rings (SSSR count). The van der Waals surface area contributed by atoms with Crippen LogP contribution >= 0.6 is 11.6 Å². The third kappa shape index (κ3) is 4.70. The Balaban J connectivity index is 2.06. The quantitative estimate of drug-likeness (QED) is 0.898. The molecule has 5 nitrogen and oxygen atoms in total. The minimum absolute atomic E-state index is 0.192. The van der Waals surface area contributed by atoms with E-state index in [1.165, 1.54) is 31.0 Å². The number of carbonyl (C=O) groups excluding carboxylic acids is 2. The summed E-state index contributed by atoms with van der Waals surface area (Å²) < 4.78 is 18.8. The number of anilines is 2. The maximum absolute atomic E-state index is 13.5. The van der Waals surface area contributed by atoms with Crippen molar-refractivity contribution < 1.29 is 18.7 Å². The lowest BCUT2D eigenvalue weighted by molar-refractivity contribution is -0.118. The highest BCUT2D eigenvalue weighted by Gasteiger charge is 2.14. The molecule has 0 aliphatic rings. The number of hydrogen-bond donors (Lipinski definition) is 1. The molecule has 0 bridgehead atoms. The third-order valence-corrected chi connectivity index (χ3v) is 3.50. The zero-order valence-corrected chi connectivity index (χ0v) is 13.9. The number of carbonyl (C=O) groups is 2. The Hall–Kier alpha value is -2.60. The van der Waals surface area contributed by atoms with Gasteiger partial charge in [0.1, 0.15) is 11.6 Å². The van der Waals surface area contributed by atoms with Crippen LogP contribution in [0, 0.1) is 5.82 Å². The van der Waals surface area contributed by atoms with Gasteiger partial charge in [0.25, 0.3) is 5.91 Å². The lowest BCUT2D eigenvalue weighted by Gasteiger charge is -2.19. The van der Waals surface area contributed by atoms with E-state index < -0.39 is 11.7 Å². The molecule has 126 valence electrons. The minimum Gasteiger partial charge on any atom is -0.484 e. The fraction of sp³-hybridized carbons (Fsp3) is 0.176. The Bertz CT molecular complexity index is 750. The van der Waals surface area contributed by atoms with Crippen molar-refractivity contribution in [3.63, 3.8) is 0 Å². The van der Waals surface area contributed by atoms with Gasteiger partial charge in [-0.05, 0) is 42.5 Å². The summed E-state index contributed by atoms with van der Waals surface area (Å²) in [6.07, 6.45) is 0. The summed E-state index contributed by atoms with van der Waals surface area (Å²) in [5, 5.41) is 3.10. The molecule has 0 spiro atoms. The predicted octanol–water partition coefficient (Wildman–Crippen LogP) is 3.48. The Morgan fingerprint density at radius 3 is 2.50 bits per heavy atom. The van der Waals surface area contributed by atoms with Gasteiger partial charge in [-0.3, -0.25) is 9.59 Å². The van der Waals surface area contributed by atoms with E-state index >= 15 is 0 Å². The van der Waals surface area contributed by atoms with Crippen molar-refractivity contribution in [3.05, 3.63) is 53.3 Å². The summed E-state index contributed by atoms with van der Waals surface area (Å²) in [4.78, 5) is 24.8. The van der Waals surface area contributed by atoms with Crippen molar-refractivity contribution in [2.45, 2.75) is 6.92 Å². The molecule has 2 aromatic carbocycles. The van der Waals surface area contributed by atoms with Gasteiger partial charge in [0.05, 0.1) is 11.4 Å². The number of halogens is 2. The van der Waals surface area contributed by atoms with E-state index in [-0.39, 0.29) is 18.2 Å². The Morgan fingerprint density at radius 2 is 1.88 bits per heavy atom. The second kappa shape index (κ2) is 7.79. The number of nitrogens with one attached hydrogen (secondary N) is 1. The monoisotopic (exact) mass is 350 g/mol. The molecule has 0 saturated carbocycles. The first-order valence-corrected chi connectivity index (χ1v) is 7.46. The summed E-state index contributed by atoms with van der Waals surface area (Å²) in [5.74, 6) is -0.761. The van der Waals surface area contributed by atoms with Gasteiger partial charge in [0.2, 0.25) is 5.91 Å². The molecule has 0 atom stereocenters. The molecule has 0 radical (unpaired) electrons. The Labute approximate surface area is 144 Å². The van der Waals surface area contributed by atoms with E-state index in [0.29, 0.717) is 16.5 Å². The first-order valence-electron chi connectivity index (χ1n) is 7.09. The van der Waals surface area contributed by atoms with Crippen LogP contribution < -0.4 is 15.0 Å². The molecule has 2 aromatic rings. The highest BCUT2D eigenvalue weighted by molar-refractivity contribution is 6.30. The summed E-state index contributed by atoms with van der Waals surface area (Å²) >= 11 is 5.77. The van der Waals surface area contributed by atoms with Crippen molar-refractivity contribution in [2.24, 2.45) is 0 Å². The summed E-state index contributed by atoms with van der Waals surface area (Å²) in [6.45, 7) is 1.11. The maximum atomic E-state index is 13.5. The van der Waals surface area contributed by atoms with E-state index in [9.17, 15) is 14.0 Å². The van der Waals surface area contributed by atoms with Crippen LogP contribution in [0.1, 0.15) is 6.92 Å². The first-order chi connectivity index (χ1) is 11.4. The highest BCUT2D eigenvalue weighted by atomic mass is 35.5. The fourth-order valence-electron chi connectivity index (χ4n) is 1.94. The van der Waals surface area contributed by atoms with Gasteiger partial charge in [-0.15, -0.1) is 0 Å². The molecule has 2 amide bonds. The van der Waals surface area contributed by atoms with Crippen LogP contribution in [0.3, 0.4) is 0 Å². The lowest BCUT2D eigenvalue weighted by Crippen LogP contribution is -2.26. The summed E-state index contributed by atoms with van der Waals surface area (Å²) in [5.41, 5.74) is 0.584. The van der Waals surface area contributed by atoms with Crippen LogP contribution in [0.15, 0.2) is 42.5 Å². The number of rotatable bonds is 5. The van der Waals surface area contributed by atoms with Gasteiger partial charge < -0.3 is 15.0 Å². The molecule has 1 N–H and O–H groups in total. The van der Waals surface area contributed by atoms with Crippen LogP contribution in [0.25, 0.3) is 0 Å². The average Bonchev–Trinajstić information content (AvgIpc) is 2.54. The predicted molar refractivity (Wildman–Crippen MR) is 91.1 cm³/mol. The first kappa shape index (κ1) is 17.7. The van der Waals surface area contributed by atoms with Gasteiger partial charge in [-0.25, -0.2) is 4.39 Å². The van der Waals surface area contributed by atoms with Crippen molar-refractivity contribution in [2.75, 3.05) is 23.9 Å². The zero-order chi connectivity index (χ0) is 17.7. The summed E-state index contributed by atoms with van der Waals surface area (Å²) in [6, 6.07) is 10.3. The van der Waals surface area contributed by atoms with Crippen LogP contribution in [0.5, 0.6) is 5.75 Å². The molecule has 0 aliphatic carbocycles. The molecule has 0 saturated heterocycles. The van der Waals surface area contributed by atoms with E-state index in [4.69, 9.17) is 16.3 Å². The fourth-order valence-corrected chi connectivity index (χ4v) is 2.06. The normalized spacial score (nSPS) is 10.2. The zero-order valence-electron chi connectivity index (χ0n) is 13.2. The van der Waals surface area contributed by atoms with E-state index in [1.54, 1.807) is 24.3 Å². The second-order valence-corrected chi connectivity index (χ2v) is 5.47. The molecule has 0 heterocycles. The number of hydrogen-bond acceptors (Lipinski definition) is 3. The van der Waals surface area contributed by atoms with Crippen LogP contribution in [-0.2, 0) is 9.59 Å². The molecule has 0 unspecified atom stereocenters. The third-order valence-electron chi connectivity index (χ3n) is 3.25. The Morgan fingerprint density at radius 1 is 1.21 bits per heavy atom. The average molecular weight is 351 g/mol. The molecule has 0 fully saturated rings.